The minimum Gasteiger partial charge on any atom is -0.486 e. The third kappa shape index (κ3) is 3.83. The number of halogens is 2. The summed E-state index contributed by atoms with van der Waals surface area (Å²) >= 11 is 0. The number of aromatic nitrogens is 2. The van der Waals surface area contributed by atoms with Crippen LogP contribution >= 0.6 is 0 Å². The van der Waals surface area contributed by atoms with E-state index < -0.39 is 22.2 Å². The van der Waals surface area contributed by atoms with Gasteiger partial charge in [-0.25, -0.2) is 18.7 Å². The van der Waals surface area contributed by atoms with E-state index in [-0.39, 0.29) is 17.3 Å². The van der Waals surface area contributed by atoms with Gasteiger partial charge in [0.2, 0.25) is 11.6 Å². The molecule has 0 radical (unpaired) electrons. The van der Waals surface area contributed by atoms with Gasteiger partial charge in [-0.2, -0.15) is 0 Å². The predicted octanol–water partition coefficient (Wildman–Crippen LogP) is 3.92. The lowest BCUT2D eigenvalue weighted by Gasteiger charge is -2.19. The Hall–Kier alpha value is -4.02. The van der Waals surface area contributed by atoms with Crippen molar-refractivity contribution < 1.29 is 23.2 Å². The molecule has 0 saturated carbocycles. The Balaban J connectivity index is 1.67. The monoisotopic (exact) mass is 401 g/mol. The van der Waals surface area contributed by atoms with Crippen molar-refractivity contribution in [3.63, 3.8) is 0 Å². The first-order valence-corrected chi connectivity index (χ1v) is 8.39. The molecule has 0 unspecified atom stereocenters. The molecule has 0 bridgehead atoms. The number of hydrogen-bond donors (Lipinski definition) is 2. The summed E-state index contributed by atoms with van der Waals surface area (Å²) in [5.41, 5.74) is -0.209. The van der Waals surface area contributed by atoms with Gasteiger partial charge in [0.15, 0.2) is 11.5 Å². The number of rotatable bonds is 5. The van der Waals surface area contributed by atoms with Crippen molar-refractivity contribution in [2.24, 2.45) is 0 Å². The van der Waals surface area contributed by atoms with E-state index in [2.05, 4.69) is 20.6 Å². The SMILES string of the molecule is O=[N+]([O-])c1c(Nc2ccc3c(c2)OCCO3)ncnc1Nc1ccc(F)cc1F. The van der Waals surface area contributed by atoms with E-state index in [1.54, 1.807) is 18.2 Å². The van der Waals surface area contributed by atoms with Crippen LogP contribution in [0.25, 0.3) is 0 Å². The van der Waals surface area contributed by atoms with Crippen molar-refractivity contribution in [3.05, 3.63) is 64.5 Å². The topological polar surface area (TPSA) is 111 Å². The number of nitrogens with one attached hydrogen (secondary N) is 2. The summed E-state index contributed by atoms with van der Waals surface area (Å²) in [6.45, 7) is 0.827. The van der Waals surface area contributed by atoms with Crippen LogP contribution in [0.1, 0.15) is 0 Å². The van der Waals surface area contributed by atoms with Crippen LogP contribution in [0.15, 0.2) is 42.7 Å². The second kappa shape index (κ2) is 7.54. The van der Waals surface area contributed by atoms with Gasteiger partial charge in [-0.15, -0.1) is 0 Å². The molecule has 29 heavy (non-hydrogen) atoms. The fraction of sp³-hybridized carbons (Fsp3) is 0.111. The second-order valence-electron chi connectivity index (χ2n) is 5.91. The maximum atomic E-state index is 13.9. The molecular formula is C18H13F2N5O4. The highest BCUT2D eigenvalue weighted by Crippen LogP contribution is 2.37. The molecular weight excluding hydrogens is 388 g/mol. The van der Waals surface area contributed by atoms with Crippen molar-refractivity contribution in [2.45, 2.75) is 0 Å². The molecule has 2 heterocycles. The van der Waals surface area contributed by atoms with E-state index in [9.17, 15) is 18.9 Å². The van der Waals surface area contributed by atoms with Gasteiger partial charge in [0, 0.05) is 17.8 Å². The van der Waals surface area contributed by atoms with Crippen molar-refractivity contribution >= 4 is 28.7 Å². The van der Waals surface area contributed by atoms with Crippen LogP contribution in [0.2, 0.25) is 0 Å². The minimum atomic E-state index is -0.917. The molecule has 9 nitrogen and oxygen atoms in total. The normalized spacial score (nSPS) is 12.3. The molecule has 0 amide bonds. The van der Waals surface area contributed by atoms with Crippen molar-refractivity contribution in [2.75, 3.05) is 23.8 Å². The standard InChI is InChI=1S/C18H13F2N5O4/c19-10-1-3-13(12(20)7-10)24-18-16(25(26)27)17(21-9-22-18)23-11-2-4-14-15(8-11)29-6-5-28-14/h1-4,7-9H,5-6H2,(H2,21,22,23,24). The summed E-state index contributed by atoms with van der Waals surface area (Å²) in [5, 5.41) is 17.0. The van der Waals surface area contributed by atoms with Crippen LogP contribution in [-0.2, 0) is 0 Å². The number of benzene rings is 2. The molecule has 1 aliphatic heterocycles. The first-order valence-electron chi connectivity index (χ1n) is 8.39. The van der Waals surface area contributed by atoms with Crippen molar-refractivity contribution in [1.29, 1.82) is 0 Å². The first kappa shape index (κ1) is 18.3. The number of nitro groups is 1. The number of nitrogens with zero attached hydrogens (tertiary/aromatic N) is 3. The Labute approximate surface area is 162 Å². The van der Waals surface area contributed by atoms with Gasteiger partial charge in [0.1, 0.15) is 31.2 Å². The molecule has 0 saturated heterocycles. The van der Waals surface area contributed by atoms with Gasteiger partial charge in [-0.05, 0) is 24.3 Å². The zero-order valence-corrected chi connectivity index (χ0v) is 14.7. The number of anilines is 4. The van der Waals surface area contributed by atoms with Gasteiger partial charge in [0.05, 0.1) is 10.6 Å². The summed E-state index contributed by atoms with van der Waals surface area (Å²) in [6.07, 6.45) is 1.08. The van der Waals surface area contributed by atoms with E-state index >= 15 is 0 Å². The lowest BCUT2D eigenvalue weighted by Crippen LogP contribution is -2.15. The Morgan fingerprint density at radius 3 is 2.41 bits per heavy atom. The molecule has 3 aromatic rings. The highest BCUT2D eigenvalue weighted by atomic mass is 19.1. The Morgan fingerprint density at radius 1 is 0.966 bits per heavy atom. The Bertz CT molecular complexity index is 1100. The highest BCUT2D eigenvalue weighted by molar-refractivity contribution is 5.77. The largest absolute Gasteiger partial charge is 0.486 e. The molecule has 2 N–H and O–H groups in total. The van der Waals surface area contributed by atoms with Gasteiger partial charge in [-0.3, -0.25) is 10.1 Å². The number of ether oxygens (including phenoxy) is 2. The number of fused-ring (bicyclic) bond motifs is 1. The molecule has 2 aromatic carbocycles. The fourth-order valence-corrected chi connectivity index (χ4v) is 2.71. The summed E-state index contributed by atoms with van der Waals surface area (Å²) in [6, 6.07) is 7.72. The molecule has 148 valence electrons. The molecule has 1 aliphatic rings. The predicted molar refractivity (Wildman–Crippen MR) is 99.0 cm³/mol. The van der Waals surface area contributed by atoms with E-state index in [0.717, 1.165) is 18.5 Å². The fourth-order valence-electron chi connectivity index (χ4n) is 2.71. The average Bonchev–Trinajstić information content (AvgIpc) is 2.70. The molecule has 0 atom stereocenters. The molecule has 4 rings (SSSR count). The van der Waals surface area contributed by atoms with Crippen LogP contribution in [0.4, 0.5) is 37.5 Å². The van der Waals surface area contributed by atoms with E-state index in [4.69, 9.17) is 9.47 Å². The molecule has 0 aliphatic carbocycles. The summed E-state index contributed by atoms with van der Waals surface area (Å²) in [4.78, 5) is 18.7. The highest BCUT2D eigenvalue weighted by Gasteiger charge is 2.24. The van der Waals surface area contributed by atoms with E-state index in [1.807, 2.05) is 0 Å². The van der Waals surface area contributed by atoms with Crippen molar-refractivity contribution in [3.8, 4) is 11.5 Å². The van der Waals surface area contributed by atoms with Gasteiger partial charge in [-0.1, -0.05) is 0 Å². The van der Waals surface area contributed by atoms with Crippen LogP contribution in [0.3, 0.4) is 0 Å². The lowest BCUT2D eigenvalue weighted by atomic mass is 10.2. The lowest BCUT2D eigenvalue weighted by molar-refractivity contribution is -0.383. The van der Waals surface area contributed by atoms with E-state index in [1.165, 1.54) is 0 Å². The van der Waals surface area contributed by atoms with Crippen LogP contribution in [0, 0.1) is 21.7 Å². The first-order chi connectivity index (χ1) is 14.0. The van der Waals surface area contributed by atoms with Gasteiger partial charge in [0.25, 0.3) is 0 Å². The average molecular weight is 401 g/mol. The zero-order chi connectivity index (χ0) is 20.4. The molecule has 0 spiro atoms. The maximum Gasteiger partial charge on any atom is 0.353 e. The van der Waals surface area contributed by atoms with Crippen molar-refractivity contribution in [1.82, 2.24) is 9.97 Å². The zero-order valence-electron chi connectivity index (χ0n) is 14.7. The molecule has 1 aromatic heterocycles. The summed E-state index contributed by atoms with van der Waals surface area (Å²) in [5.74, 6) is -1.01. The van der Waals surface area contributed by atoms with Crippen LogP contribution in [0.5, 0.6) is 11.5 Å². The Morgan fingerprint density at radius 2 is 1.69 bits per heavy atom. The third-order valence-electron chi connectivity index (χ3n) is 3.99. The van der Waals surface area contributed by atoms with Crippen LogP contribution < -0.4 is 20.1 Å². The minimum absolute atomic E-state index is 0.119. The quantitative estimate of drug-likeness (QED) is 0.489. The molecule has 0 fully saturated rings. The van der Waals surface area contributed by atoms with Gasteiger partial charge >= 0.3 is 5.69 Å². The second-order valence-corrected chi connectivity index (χ2v) is 5.91. The third-order valence-corrected chi connectivity index (χ3v) is 3.99. The van der Waals surface area contributed by atoms with E-state index in [0.29, 0.717) is 36.5 Å². The maximum absolute atomic E-state index is 13.9. The van der Waals surface area contributed by atoms with Gasteiger partial charge < -0.3 is 20.1 Å². The summed E-state index contributed by atoms with van der Waals surface area (Å²) < 4.78 is 37.9. The Kier molecular flexibility index (Phi) is 4.77. The molecule has 11 heteroatoms. The number of hydrogen-bond acceptors (Lipinski definition) is 8. The van der Waals surface area contributed by atoms with Crippen LogP contribution in [-0.4, -0.2) is 28.1 Å². The summed E-state index contributed by atoms with van der Waals surface area (Å²) in [7, 11) is 0. The smallest absolute Gasteiger partial charge is 0.353 e.